The van der Waals surface area contributed by atoms with Crippen molar-refractivity contribution in [1.82, 2.24) is 19.4 Å². The number of piperazine rings is 1. The highest BCUT2D eigenvalue weighted by molar-refractivity contribution is 6.02. The Hall–Kier alpha value is -4.71. The minimum absolute atomic E-state index is 0.0385. The molecule has 0 saturated carbocycles. The summed E-state index contributed by atoms with van der Waals surface area (Å²) in [6, 6.07) is 30.5. The number of anilines is 1. The summed E-state index contributed by atoms with van der Waals surface area (Å²) in [5.41, 5.74) is 5.17. The molecule has 182 valence electrons. The number of carbonyl (C=O) groups is 1. The van der Waals surface area contributed by atoms with E-state index in [0.717, 1.165) is 39.2 Å². The van der Waals surface area contributed by atoms with E-state index in [2.05, 4.69) is 52.1 Å². The van der Waals surface area contributed by atoms with E-state index in [1.54, 1.807) is 12.4 Å². The first kappa shape index (κ1) is 22.7. The zero-order valence-electron chi connectivity index (χ0n) is 20.4. The van der Waals surface area contributed by atoms with Crippen LogP contribution in [0.15, 0.2) is 110 Å². The van der Waals surface area contributed by atoms with Crippen LogP contribution in [0.1, 0.15) is 5.56 Å². The molecule has 3 aromatic carbocycles. The lowest BCUT2D eigenvalue weighted by Gasteiger charge is -2.35. The third kappa shape index (κ3) is 4.61. The van der Waals surface area contributed by atoms with Gasteiger partial charge < -0.3 is 14.4 Å². The molecular weight excluding hydrogens is 458 g/mol. The number of aromatic nitrogens is 3. The van der Waals surface area contributed by atoms with Gasteiger partial charge in [-0.3, -0.25) is 4.79 Å². The van der Waals surface area contributed by atoms with Crippen molar-refractivity contribution in [1.29, 1.82) is 0 Å². The van der Waals surface area contributed by atoms with Crippen molar-refractivity contribution in [3.63, 3.8) is 0 Å². The number of nitrogens with zero attached hydrogens (tertiary/aromatic N) is 5. The number of para-hydroxylation sites is 1. The molecule has 1 fully saturated rings. The first-order chi connectivity index (χ1) is 18.3. The highest BCUT2D eigenvalue weighted by Gasteiger charge is 2.25. The number of benzene rings is 3. The maximum absolute atomic E-state index is 12.8. The fraction of sp³-hybridized carbons (Fsp3) is 0.129. The maximum Gasteiger partial charge on any atom is 0.246 e. The zero-order chi connectivity index (χ0) is 25.0. The van der Waals surface area contributed by atoms with Gasteiger partial charge in [-0.1, -0.05) is 78.9 Å². The molecule has 0 aliphatic carbocycles. The smallest absolute Gasteiger partial charge is 0.246 e. The van der Waals surface area contributed by atoms with E-state index in [1.165, 1.54) is 0 Å². The normalized spacial score (nSPS) is 13.9. The minimum Gasteiger partial charge on any atom is -0.352 e. The van der Waals surface area contributed by atoms with Crippen molar-refractivity contribution < 1.29 is 4.79 Å². The van der Waals surface area contributed by atoms with Crippen LogP contribution in [0.5, 0.6) is 0 Å². The number of hydrogen-bond acceptors (Lipinski definition) is 4. The fourth-order valence-electron chi connectivity index (χ4n) is 4.88. The molecule has 2 aromatic heterocycles. The minimum atomic E-state index is 0.0385. The van der Waals surface area contributed by atoms with Crippen LogP contribution in [0.2, 0.25) is 0 Å². The largest absolute Gasteiger partial charge is 0.352 e. The molecule has 6 rings (SSSR count). The number of carbonyl (C=O) groups excluding carboxylic acids is 1. The molecule has 1 amide bonds. The van der Waals surface area contributed by atoms with Gasteiger partial charge in [-0.15, -0.1) is 0 Å². The monoisotopic (exact) mass is 485 g/mol. The molecule has 0 spiro atoms. The van der Waals surface area contributed by atoms with Crippen LogP contribution in [0.3, 0.4) is 0 Å². The van der Waals surface area contributed by atoms with Crippen molar-refractivity contribution in [2.45, 2.75) is 0 Å². The summed E-state index contributed by atoms with van der Waals surface area (Å²) >= 11 is 0. The molecular formula is C31H27N5O. The Morgan fingerprint density at radius 2 is 1.41 bits per heavy atom. The summed E-state index contributed by atoms with van der Waals surface area (Å²) < 4.78 is 2.14. The molecule has 3 heterocycles. The molecule has 5 aromatic rings. The van der Waals surface area contributed by atoms with Crippen LogP contribution in [0.4, 0.5) is 5.82 Å². The summed E-state index contributed by atoms with van der Waals surface area (Å²) in [5.74, 6) is 0.946. The average molecular weight is 486 g/mol. The van der Waals surface area contributed by atoms with Crippen molar-refractivity contribution in [3.8, 4) is 16.8 Å². The predicted octanol–water partition coefficient (Wildman–Crippen LogP) is 5.45. The maximum atomic E-state index is 12.8. The van der Waals surface area contributed by atoms with Gasteiger partial charge in [-0.05, 0) is 29.3 Å². The number of fused-ring (bicyclic) bond motifs is 1. The molecule has 0 N–H and O–H groups in total. The van der Waals surface area contributed by atoms with E-state index in [4.69, 9.17) is 9.97 Å². The van der Waals surface area contributed by atoms with Crippen LogP contribution in [-0.2, 0) is 4.79 Å². The Labute approximate surface area is 216 Å². The number of hydrogen-bond donors (Lipinski definition) is 0. The van der Waals surface area contributed by atoms with Crippen molar-refractivity contribution in [2.24, 2.45) is 0 Å². The summed E-state index contributed by atoms with van der Waals surface area (Å²) in [7, 11) is 0. The Morgan fingerprint density at radius 1 is 0.757 bits per heavy atom. The third-order valence-corrected chi connectivity index (χ3v) is 6.79. The van der Waals surface area contributed by atoms with Crippen molar-refractivity contribution in [3.05, 3.63) is 115 Å². The van der Waals surface area contributed by atoms with Crippen LogP contribution < -0.4 is 4.90 Å². The molecule has 1 aliphatic heterocycles. The second-order valence-electron chi connectivity index (χ2n) is 9.07. The SMILES string of the molecule is O=C(/C=C/c1ccccc1)N1CCN(c2ncnc3c2c(-c2ccccc2)cn3-c2ccccc2)CC1. The van der Waals surface area contributed by atoms with Gasteiger partial charge >= 0.3 is 0 Å². The van der Waals surface area contributed by atoms with Gasteiger partial charge in [0, 0.05) is 49.7 Å². The standard InChI is InChI=1S/C31H27N5O/c37-28(17-16-24-10-4-1-5-11-24)34-18-20-35(21-19-34)30-29-27(25-12-6-2-7-13-25)22-36(31(29)33-23-32-30)26-14-8-3-9-15-26/h1-17,22-23H,18-21H2/b17-16+. The van der Waals surface area contributed by atoms with Gasteiger partial charge in [-0.25, -0.2) is 9.97 Å². The topological polar surface area (TPSA) is 54.3 Å². The molecule has 1 aliphatic rings. The third-order valence-electron chi connectivity index (χ3n) is 6.79. The van der Waals surface area contributed by atoms with E-state index in [9.17, 15) is 4.79 Å². The second kappa shape index (κ2) is 10.1. The quantitative estimate of drug-likeness (QED) is 0.311. The predicted molar refractivity (Wildman–Crippen MR) is 149 cm³/mol. The molecule has 6 nitrogen and oxygen atoms in total. The first-order valence-corrected chi connectivity index (χ1v) is 12.5. The van der Waals surface area contributed by atoms with Gasteiger partial charge in [0.05, 0.1) is 5.39 Å². The van der Waals surface area contributed by atoms with Crippen LogP contribution in [0.25, 0.3) is 33.9 Å². The lowest BCUT2D eigenvalue weighted by atomic mass is 10.1. The van der Waals surface area contributed by atoms with E-state index in [-0.39, 0.29) is 5.91 Å². The van der Waals surface area contributed by atoms with Crippen LogP contribution >= 0.6 is 0 Å². The number of amides is 1. The summed E-state index contributed by atoms with van der Waals surface area (Å²) in [4.78, 5) is 26.5. The summed E-state index contributed by atoms with van der Waals surface area (Å²) in [6.07, 6.45) is 7.34. The van der Waals surface area contributed by atoms with Gasteiger partial charge in [0.25, 0.3) is 0 Å². The van der Waals surface area contributed by atoms with E-state index >= 15 is 0 Å². The summed E-state index contributed by atoms with van der Waals surface area (Å²) in [6.45, 7) is 2.70. The van der Waals surface area contributed by atoms with Crippen LogP contribution in [-0.4, -0.2) is 51.5 Å². The Morgan fingerprint density at radius 3 is 2.11 bits per heavy atom. The molecule has 0 atom stereocenters. The molecule has 1 saturated heterocycles. The van der Waals surface area contributed by atoms with Crippen LogP contribution in [0, 0.1) is 0 Å². The first-order valence-electron chi connectivity index (χ1n) is 12.5. The van der Waals surface area contributed by atoms with E-state index in [0.29, 0.717) is 26.2 Å². The zero-order valence-corrected chi connectivity index (χ0v) is 20.4. The van der Waals surface area contributed by atoms with Gasteiger partial charge in [-0.2, -0.15) is 0 Å². The Kier molecular flexibility index (Phi) is 6.21. The highest BCUT2D eigenvalue weighted by atomic mass is 16.2. The average Bonchev–Trinajstić information content (AvgIpc) is 3.37. The van der Waals surface area contributed by atoms with Crippen molar-refractivity contribution in [2.75, 3.05) is 31.1 Å². The summed E-state index contributed by atoms with van der Waals surface area (Å²) in [5, 5.41) is 1.03. The number of rotatable bonds is 5. The van der Waals surface area contributed by atoms with E-state index < -0.39 is 0 Å². The van der Waals surface area contributed by atoms with Gasteiger partial charge in [0.1, 0.15) is 12.1 Å². The molecule has 37 heavy (non-hydrogen) atoms. The molecule has 6 heteroatoms. The Balaban J connectivity index is 1.31. The second-order valence-corrected chi connectivity index (χ2v) is 9.07. The van der Waals surface area contributed by atoms with Gasteiger partial charge in [0.15, 0.2) is 5.65 Å². The molecule has 0 radical (unpaired) electrons. The van der Waals surface area contributed by atoms with Gasteiger partial charge in [0.2, 0.25) is 5.91 Å². The Bertz CT molecular complexity index is 1540. The van der Waals surface area contributed by atoms with E-state index in [1.807, 2.05) is 65.6 Å². The van der Waals surface area contributed by atoms with Crippen molar-refractivity contribution >= 4 is 28.8 Å². The molecule has 0 bridgehead atoms. The lowest BCUT2D eigenvalue weighted by molar-refractivity contribution is -0.126. The lowest BCUT2D eigenvalue weighted by Crippen LogP contribution is -2.48. The fourth-order valence-corrected chi connectivity index (χ4v) is 4.88. The highest BCUT2D eigenvalue weighted by Crippen LogP contribution is 2.37. The molecule has 0 unspecified atom stereocenters.